The van der Waals surface area contributed by atoms with E-state index < -0.39 is 29.6 Å². The molecular formula is C31H46N4O5. The van der Waals surface area contributed by atoms with Gasteiger partial charge in [0.1, 0.15) is 18.1 Å². The Balaban J connectivity index is 1.79. The van der Waals surface area contributed by atoms with Gasteiger partial charge in [0.15, 0.2) is 5.78 Å². The van der Waals surface area contributed by atoms with Crippen LogP contribution in [0, 0.1) is 11.3 Å². The highest BCUT2D eigenvalue weighted by molar-refractivity contribution is 6.01. The first-order valence-corrected chi connectivity index (χ1v) is 14.2. The molecule has 1 aromatic rings. The van der Waals surface area contributed by atoms with Crippen molar-refractivity contribution in [3.63, 3.8) is 0 Å². The molecule has 0 bridgehead atoms. The van der Waals surface area contributed by atoms with Crippen LogP contribution < -0.4 is 10.6 Å². The predicted molar refractivity (Wildman–Crippen MR) is 154 cm³/mol. The van der Waals surface area contributed by atoms with Crippen molar-refractivity contribution in [2.45, 2.75) is 105 Å². The molecule has 0 spiro atoms. The van der Waals surface area contributed by atoms with Crippen LogP contribution in [-0.2, 0) is 24.6 Å². The fourth-order valence-corrected chi connectivity index (χ4v) is 5.63. The van der Waals surface area contributed by atoms with Gasteiger partial charge in [-0.1, -0.05) is 67.5 Å². The number of nitrogens with zero attached hydrogens (tertiary/aromatic N) is 2. The van der Waals surface area contributed by atoms with Crippen LogP contribution in [0.4, 0.5) is 0 Å². The lowest BCUT2D eigenvalue weighted by molar-refractivity contribution is -0.140. The minimum Gasteiger partial charge on any atom is -0.344 e. The summed E-state index contributed by atoms with van der Waals surface area (Å²) in [6, 6.07) is 4.58. The normalized spacial score (nSPS) is 20.8. The molecule has 0 radical (unpaired) electrons. The van der Waals surface area contributed by atoms with Crippen LogP contribution in [-0.4, -0.2) is 76.5 Å². The number of carbonyl (C=O) groups excluding carboxylic acids is 5. The summed E-state index contributed by atoms with van der Waals surface area (Å²) in [5, 5.41) is 5.66. The zero-order chi connectivity index (χ0) is 30.2. The van der Waals surface area contributed by atoms with Gasteiger partial charge >= 0.3 is 0 Å². The number of likely N-dealkylation sites (tertiary alicyclic amines) is 2. The summed E-state index contributed by atoms with van der Waals surface area (Å²) in [4.78, 5) is 68.7. The first kappa shape index (κ1) is 31.3. The van der Waals surface area contributed by atoms with Gasteiger partial charge in [-0.2, -0.15) is 0 Å². The van der Waals surface area contributed by atoms with E-state index in [1.54, 1.807) is 17.0 Å². The summed E-state index contributed by atoms with van der Waals surface area (Å²) in [5.74, 6) is -1.36. The second-order valence-corrected chi connectivity index (χ2v) is 13.7. The lowest BCUT2D eigenvalue weighted by atomic mass is 9.85. The molecule has 2 aliphatic heterocycles. The molecule has 220 valence electrons. The number of hydrogen-bond donors (Lipinski definition) is 2. The number of Topliss-reactive ketones (excluding diaryl/α,β-unsaturated/α-hetero) is 1. The van der Waals surface area contributed by atoms with Gasteiger partial charge in [-0.15, -0.1) is 0 Å². The molecule has 0 aliphatic carbocycles. The van der Waals surface area contributed by atoms with Crippen LogP contribution >= 0.6 is 0 Å². The molecule has 2 heterocycles. The molecule has 2 saturated heterocycles. The monoisotopic (exact) mass is 554 g/mol. The summed E-state index contributed by atoms with van der Waals surface area (Å²) in [5.41, 5.74) is 0.965. The average Bonchev–Trinajstić information content (AvgIpc) is 3.41. The van der Waals surface area contributed by atoms with Crippen molar-refractivity contribution in [1.29, 1.82) is 0 Å². The van der Waals surface area contributed by atoms with Crippen LogP contribution in [0.25, 0.3) is 0 Å². The van der Waals surface area contributed by atoms with Crippen molar-refractivity contribution in [3.8, 4) is 0 Å². The third-order valence-electron chi connectivity index (χ3n) is 7.77. The summed E-state index contributed by atoms with van der Waals surface area (Å²) < 4.78 is 0. The van der Waals surface area contributed by atoms with Crippen LogP contribution in [0.1, 0.15) is 91.1 Å². The number of fused-ring (bicyclic) bond motifs is 1. The molecule has 4 atom stereocenters. The Bertz CT molecular complexity index is 1150. The van der Waals surface area contributed by atoms with Gasteiger partial charge < -0.3 is 20.4 Å². The van der Waals surface area contributed by atoms with E-state index in [-0.39, 0.29) is 47.3 Å². The molecule has 1 aromatic carbocycles. The molecule has 9 heteroatoms. The minimum atomic E-state index is -0.798. The third kappa shape index (κ3) is 6.91. The fraction of sp³-hybridized carbons (Fsp3) is 0.645. The molecule has 9 nitrogen and oxygen atoms in total. The van der Waals surface area contributed by atoms with Crippen LogP contribution in [0.3, 0.4) is 0 Å². The maximum atomic E-state index is 13.8. The SMILES string of the molecule is CC(=O)NC(C(=O)N1CC(=O)C2C1CCN2C(=O)C(CC(C)C)NC(=O)c1ccc(C(C)(C)C)cc1)C(C)(C)C. The number of rotatable bonds is 7. The lowest BCUT2D eigenvalue weighted by Gasteiger charge is -2.35. The van der Waals surface area contributed by atoms with Crippen molar-refractivity contribution >= 4 is 29.4 Å². The summed E-state index contributed by atoms with van der Waals surface area (Å²) in [7, 11) is 0. The van der Waals surface area contributed by atoms with E-state index in [0.29, 0.717) is 24.9 Å². The third-order valence-corrected chi connectivity index (χ3v) is 7.77. The second-order valence-electron chi connectivity index (χ2n) is 13.7. The number of ketones is 1. The Morgan fingerprint density at radius 3 is 2.02 bits per heavy atom. The molecule has 2 N–H and O–H groups in total. The highest BCUT2D eigenvalue weighted by Gasteiger charge is 2.53. The summed E-state index contributed by atoms with van der Waals surface area (Å²) in [6.45, 7) is 17.4. The smallest absolute Gasteiger partial charge is 0.251 e. The van der Waals surface area contributed by atoms with E-state index in [2.05, 4.69) is 31.4 Å². The van der Waals surface area contributed by atoms with Gasteiger partial charge in [-0.25, -0.2) is 0 Å². The molecular weight excluding hydrogens is 508 g/mol. The lowest BCUT2D eigenvalue weighted by Crippen LogP contribution is -2.56. The average molecular weight is 555 g/mol. The highest BCUT2D eigenvalue weighted by Crippen LogP contribution is 2.33. The first-order chi connectivity index (χ1) is 18.4. The van der Waals surface area contributed by atoms with Gasteiger partial charge in [0.05, 0.1) is 12.6 Å². The molecule has 4 amide bonds. The van der Waals surface area contributed by atoms with E-state index >= 15 is 0 Å². The van der Waals surface area contributed by atoms with Crippen molar-refractivity contribution in [2.24, 2.45) is 11.3 Å². The summed E-state index contributed by atoms with van der Waals surface area (Å²) in [6.07, 6.45) is 0.880. The van der Waals surface area contributed by atoms with Gasteiger partial charge in [0, 0.05) is 19.0 Å². The number of hydrogen-bond acceptors (Lipinski definition) is 5. The first-order valence-electron chi connectivity index (χ1n) is 14.2. The molecule has 40 heavy (non-hydrogen) atoms. The molecule has 0 saturated carbocycles. The van der Waals surface area contributed by atoms with E-state index in [0.717, 1.165) is 5.56 Å². The van der Waals surface area contributed by atoms with Crippen LogP contribution in [0.15, 0.2) is 24.3 Å². The molecule has 2 fully saturated rings. The van der Waals surface area contributed by atoms with Crippen LogP contribution in [0.2, 0.25) is 0 Å². The molecule has 3 rings (SSSR count). The number of amides is 4. The van der Waals surface area contributed by atoms with Gasteiger partial charge in [0.2, 0.25) is 17.7 Å². The second kappa shape index (κ2) is 11.7. The van der Waals surface area contributed by atoms with Crippen molar-refractivity contribution in [3.05, 3.63) is 35.4 Å². The highest BCUT2D eigenvalue weighted by atomic mass is 16.2. The van der Waals surface area contributed by atoms with Gasteiger partial charge in [-0.05, 0) is 47.3 Å². The maximum Gasteiger partial charge on any atom is 0.251 e. The Labute approximate surface area is 238 Å². The van der Waals surface area contributed by atoms with E-state index in [4.69, 9.17) is 0 Å². The topological polar surface area (TPSA) is 116 Å². The Morgan fingerprint density at radius 1 is 0.925 bits per heavy atom. The fourth-order valence-electron chi connectivity index (χ4n) is 5.63. The van der Waals surface area contributed by atoms with Crippen molar-refractivity contribution in [2.75, 3.05) is 13.1 Å². The zero-order valence-electron chi connectivity index (χ0n) is 25.5. The van der Waals surface area contributed by atoms with Gasteiger partial charge in [0.25, 0.3) is 5.91 Å². The van der Waals surface area contributed by atoms with E-state index in [1.165, 1.54) is 11.8 Å². The number of benzene rings is 1. The zero-order valence-corrected chi connectivity index (χ0v) is 25.5. The maximum absolute atomic E-state index is 13.8. The number of nitrogens with one attached hydrogen (secondary N) is 2. The Morgan fingerprint density at radius 2 is 1.52 bits per heavy atom. The van der Waals surface area contributed by atoms with Crippen molar-refractivity contribution < 1.29 is 24.0 Å². The predicted octanol–water partition coefficient (Wildman–Crippen LogP) is 3.06. The van der Waals surface area contributed by atoms with E-state index in [9.17, 15) is 24.0 Å². The number of carbonyl (C=O) groups is 5. The standard InChI is InChI=1S/C31H46N4O5/c1-18(2)16-22(33-27(38)20-10-12-21(13-11-20)30(4,5)6)28(39)34-15-14-23-25(34)24(37)17-35(23)29(40)26(31(7,8)9)32-19(3)36/h10-13,18,22-23,25-26H,14-17H2,1-9H3,(H,32,36)(H,33,38). The van der Waals surface area contributed by atoms with E-state index in [1.807, 2.05) is 46.8 Å². The summed E-state index contributed by atoms with van der Waals surface area (Å²) >= 11 is 0. The molecule has 4 unspecified atom stereocenters. The molecule has 2 aliphatic rings. The molecule has 0 aromatic heterocycles. The minimum absolute atomic E-state index is 0.0461. The van der Waals surface area contributed by atoms with Crippen LogP contribution in [0.5, 0.6) is 0 Å². The van der Waals surface area contributed by atoms with Gasteiger partial charge in [-0.3, -0.25) is 24.0 Å². The Kier molecular flexibility index (Phi) is 9.16. The largest absolute Gasteiger partial charge is 0.344 e. The Hall–Kier alpha value is -3.23. The van der Waals surface area contributed by atoms with Crippen molar-refractivity contribution in [1.82, 2.24) is 20.4 Å². The quantitative estimate of drug-likeness (QED) is 0.538.